The van der Waals surface area contributed by atoms with Crippen LogP contribution in [-0.2, 0) is 19.1 Å². The van der Waals surface area contributed by atoms with Gasteiger partial charge in [-0.2, -0.15) is 0 Å². The van der Waals surface area contributed by atoms with Crippen LogP contribution in [-0.4, -0.2) is 48.7 Å². The van der Waals surface area contributed by atoms with Crippen molar-refractivity contribution in [1.29, 1.82) is 0 Å². The van der Waals surface area contributed by atoms with Crippen molar-refractivity contribution in [2.45, 2.75) is 58.1 Å². The van der Waals surface area contributed by atoms with E-state index >= 15 is 0 Å². The smallest absolute Gasteiger partial charge is 0.320 e. The molecule has 1 aliphatic rings. The van der Waals surface area contributed by atoms with Gasteiger partial charge in [0, 0.05) is 6.04 Å². The van der Waals surface area contributed by atoms with E-state index in [1.165, 1.54) is 7.11 Å². The third-order valence-corrected chi connectivity index (χ3v) is 3.15. The molecule has 1 rings (SSSR count). The van der Waals surface area contributed by atoms with Gasteiger partial charge in [-0.1, -0.05) is 12.8 Å². The molecule has 1 fully saturated rings. The van der Waals surface area contributed by atoms with E-state index in [1.807, 2.05) is 25.7 Å². The Kier molecular flexibility index (Phi) is 5.79. The molecule has 0 aromatic carbocycles. The molecule has 0 aromatic rings. The lowest BCUT2D eigenvalue weighted by Crippen LogP contribution is -2.43. The normalized spacial score (nSPS) is 16.7. The molecule has 0 heterocycles. The molecule has 0 aromatic heterocycles. The van der Waals surface area contributed by atoms with Crippen molar-refractivity contribution >= 4 is 11.9 Å². The maximum absolute atomic E-state index is 11.9. The Balaban J connectivity index is 2.57. The Morgan fingerprint density at radius 3 is 2.11 bits per heavy atom. The van der Waals surface area contributed by atoms with Gasteiger partial charge in [0.2, 0.25) is 0 Å². The van der Waals surface area contributed by atoms with Gasteiger partial charge < -0.3 is 9.47 Å². The van der Waals surface area contributed by atoms with Crippen molar-refractivity contribution in [2.24, 2.45) is 0 Å². The minimum absolute atomic E-state index is 0.150. The van der Waals surface area contributed by atoms with Gasteiger partial charge in [0.15, 0.2) is 0 Å². The van der Waals surface area contributed by atoms with Crippen molar-refractivity contribution in [3.05, 3.63) is 0 Å². The summed E-state index contributed by atoms with van der Waals surface area (Å²) in [5.41, 5.74) is -0.496. The van der Waals surface area contributed by atoms with E-state index < -0.39 is 5.60 Å². The van der Waals surface area contributed by atoms with Gasteiger partial charge in [-0.25, -0.2) is 0 Å². The van der Waals surface area contributed by atoms with Crippen LogP contribution in [0.5, 0.6) is 0 Å². The number of esters is 2. The standard InChI is InChI=1S/C14H25NO4/c1-14(2,3)19-13(17)10-15(9-12(16)18-4)11-7-5-6-8-11/h11H,5-10H2,1-4H3. The first kappa shape index (κ1) is 16.0. The number of carbonyl (C=O) groups excluding carboxylic acids is 2. The Morgan fingerprint density at radius 2 is 1.63 bits per heavy atom. The summed E-state index contributed by atoms with van der Waals surface area (Å²) in [7, 11) is 1.36. The van der Waals surface area contributed by atoms with Gasteiger partial charge in [0.25, 0.3) is 0 Å². The Morgan fingerprint density at radius 1 is 1.11 bits per heavy atom. The molecule has 0 saturated heterocycles. The van der Waals surface area contributed by atoms with E-state index in [-0.39, 0.29) is 31.1 Å². The lowest BCUT2D eigenvalue weighted by Gasteiger charge is -2.28. The lowest BCUT2D eigenvalue weighted by molar-refractivity contribution is -0.157. The minimum Gasteiger partial charge on any atom is -0.468 e. The predicted molar refractivity (Wildman–Crippen MR) is 71.7 cm³/mol. The summed E-state index contributed by atoms with van der Waals surface area (Å²) in [5.74, 6) is -0.598. The van der Waals surface area contributed by atoms with E-state index in [0.717, 1.165) is 25.7 Å². The summed E-state index contributed by atoms with van der Waals surface area (Å²) in [5, 5.41) is 0. The zero-order chi connectivity index (χ0) is 14.5. The van der Waals surface area contributed by atoms with Crippen molar-refractivity contribution in [3.8, 4) is 0 Å². The van der Waals surface area contributed by atoms with Crippen LogP contribution in [0.25, 0.3) is 0 Å². The highest BCUT2D eigenvalue weighted by atomic mass is 16.6. The zero-order valence-corrected chi connectivity index (χ0v) is 12.4. The molecule has 1 aliphatic carbocycles. The number of hydrogen-bond acceptors (Lipinski definition) is 5. The van der Waals surface area contributed by atoms with Gasteiger partial charge in [0.05, 0.1) is 20.2 Å². The van der Waals surface area contributed by atoms with Crippen LogP contribution >= 0.6 is 0 Å². The van der Waals surface area contributed by atoms with Gasteiger partial charge in [-0.15, -0.1) is 0 Å². The number of hydrogen-bond donors (Lipinski definition) is 0. The van der Waals surface area contributed by atoms with Gasteiger partial charge in [-0.05, 0) is 33.6 Å². The van der Waals surface area contributed by atoms with Crippen molar-refractivity contribution in [3.63, 3.8) is 0 Å². The summed E-state index contributed by atoms with van der Waals surface area (Å²) < 4.78 is 10.0. The summed E-state index contributed by atoms with van der Waals surface area (Å²) in [6.07, 6.45) is 4.35. The topological polar surface area (TPSA) is 55.8 Å². The molecule has 0 spiro atoms. The second-order valence-electron chi connectivity index (χ2n) is 6.01. The van der Waals surface area contributed by atoms with Gasteiger partial charge in [-0.3, -0.25) is 14.5 Å². The summed E-state index contributed by atoms with van der Waals surface area (Å²) in [6, 6.07) is 0.284. The first-order valence-electron chi connectivity index (χ1n) is 6.84. The van der Waals surface area contributed by atoms with E-state index in [4.69, 9.17) is 9.47 Å². The predicted octanol–water partition coefficient (Wildman–Crippen LogP) is 1.75. The van der Waals surface area contributed by atoms with E-state index in [2.05, 4.69) is 0 Å². The minimum atomic E-state index is -0.496. The van der Waals surface area contributed by atoms with E-state index in [1.54, 1.807) is 0 Å². The third-order valence-electron chi connectivity index (χ3n) is 3.15. The molecule has 5 heteroatoms. The molecular formula is C14H25NO4. The number of carbonyl (C=O) groups is 2. The van der Waals surface area contributed by atoms with Crippen LogP contribution in [0.2, 0.25) is 0 Å². The summed E-state index contributed by atoms with van der Waals surface area (Å²) in [6.45, 7) is 5.82. The Bertz CT molecular complexity index is 316. The fourth-order valence-electron chi connectivity index (χ4n) is 2.35. The van der Waals surface area contributed by atoms with Crippen LogP contribution in [0.3, 0.4) is 0 Å². The van der Waals surface area contributed by atoms with Crippen LogP contribution in [0, 0.1) is 0 Å². The number of rotatable bonds is 5. The number of ether oxygens (including phenoxy) is 2. The van der Waals surface area contributed by atoms with Crippen LogP contribution in [0.1, 0.15) is 46.5 Å². The largest absolute Gasteiger partial charge is 0.468 e. The molecule has 19 heavy (non-hydrogen) atoms. The maximum Gasteiger partial charge on any atom is 0.320 e. The molecule has 0 radical (unpaired) electrons. The SMILES string of the molecule is COC(=O)CN(CC(=O)OC(C)(C)C)C1CCCC1. The number of methoxy groups -OCH3 is 1. The first-order valence-corrected chi connectivity index (χ1v) is 6.84. The third kappa shape index (κ3) is 6.05. The average Bonchev–Trinajstić information content (AvgIpc) is 2.78. The second-order valence-corrected chi connectivity index (χ2v) is 6.01. The fraction of sp³-hybridized carbons (Fsp3) is 0.857. The van der Waals surface area contributed by atoms with E-state index in [0.29, 0.717) is 0 Å². The molecule has 1 saturated carbocycles. The summed E-state index contributed by atoms with van der Waals surface area (Å²) >= 11 is 0. The molecule has 0 N–H and O–H groups in total. The maximum atomic E-state index is 11.9. The first-order chi connectivity index (χ1) is 8.81. The van der Waals surface area contributed by atoms with Gasteiger partial charge in [0.1, 0.15) is 5.60 Å². The van der Waals surface area contributed by atoms with Crippen LogP contribution in [0.15, 0.2) is 0 Å². The molecule has 5 nitrogen and oxygen atoms in total. The highest BCUT2D eigenvalue weighted by Gasteiger charge is 2.28. The molecule has 0 atom stereocenters. The Hall–Kier alpha value is -1.10. The monoisotopic (exact) mass is 271 g/mol. The molecule has 0 unspecified atom stereocenters. The molecule has 0 bridgehead atoms. The molecule has 0 aliphatic heterocycles. The Labute approximate surface area is 115 Å². The van der Waals surface area contributed by atoms with Crippen LogP contribution in [0.4, 0.5) is 0 Å². The highest BCUT2D eigenvalue weighted by Crippen LogP contribution is 2.23. The second kappa shape index (κ2) is 6.89. The van der Waals surface area contributed by atoms with Crippen molar-refractivity contribution in [1.82, 2.24) is 4.90 Å². The van der Waals surface area contributed by atoms with E-state index in [9.17, 15) is 9.59 Å². The lowest BCUT2D eigenvalue weighted by atomic mass is 10.2. The average molecular weight is 271 g/mol. The highest BCUT2D eigenvalue weighted by molar-refractivity contribution is 5.75. The van der Waals surface area contributed by atoms with Crippen molar-refractivity contribution in [2.75, 3.05) is 20.2 Å². The molecule has 110 valence electrons. The number of nitrogens with zero attached hydrogens (tertiary/aromatic N) is 1. The summed E-state index contributed by atoms with van der Waals surface area (Å²) in [4.78, 5) is 25.2. The van der Waals surface area contributed by atoms with Gasteiger partial charge >= 0.3 is 11.9 Å². The molecule has 0 amide bonds. The van der Waals surface area contributed by atoms with Crippen LogP contribution < -0.4 is 0 Å². The van der Waals surface area contributed by atoms with Crippen molar-refractivity contribution < 1.29 is 19.1 Å². The molecular weight excluding hydrogens is 246 g/mol. The quantitative estimate of drug-likeness (QED) is 0.713. The fourth-order valence-corrected chi connectivity index (χ4v) is 2.35. The zero-order valence-electron chi connectivity index (χ0n) is 12.4.